The predicted molar refractivity (Wildman–Crippen MR) is 68.6 cm³/mol. The van der Waals surface area contributed by atoms with Gasteiger partial charge in [-0.15, -0.1) is 0 Å². The van der Waals surface area contributed by atoms with Crippen molar-refractivity contribution in [3.63, 3.8) is 0 Å². The molecular weight excluding hydrogens is 214 g/mol. The molecule has 1 aliphatic carbocycles. The van der Waals surface area contributed by atoms with Gasteiger partial charge in [0, 0.05) is 25.2 Å². The largest absolute Gasteiger partial charge is 0.352 e. The Morgan fingerprint density at radius 1 is 1.29 bits per heavy atom. The summed E-state index contributed by atoms with van der Waals surface area (Å²) in [6.45, 7) is 4.66. The second kappa shape index (κ2) is 5.83. The number of nitrogens with zero attached hydrogens (tertiary/aromatic N) is 1. The minimum absolute atomic E-state index is 0.179. The lowest BCUT2D eigenvalue weighted by Crippen LogP contribution is -2.43. The second-order valence-electron chi connectivity index (χ2n) is 5.81. The first kappa shape index (κ1) is 12.8. The number of likely N-dealkylation sites (tertiary alicyclic amines) is 1. The second-order valence-corrected chi connectivity index (χ2v) is 5.81. The van der Waals surface area contributed by atoms with E-state index in [1.54, 1.807) is 0 Å². The number of carbonyl (C=O) groups excluding carboxylic acids is 1. The minimum Gasteiger partial charge on any atom is -0.352 e. The number of nitrogens with one attached hydrogen (secondary N) is 1. The number of hydrogen-bond acceptors (Lipinski definition) is 3. The first-order valence-corrected chi connectivity index (χ1v) is 6.91. The molecule has 1 aliphatic heterocycles. The zero-order valence-corrected chi connectivity index (χ0v) is 10.8. The summed E-state index contributed by atoms with van der Waals surface area (Å²) in [4.78, 5) is 14.0. The Morgan fingerprint density at radius 2 is 2.00 bits per heavy atom. The number of amides is 1. The molecule has 1 amide bonds. The van der Waals surface area contributed by atoms with Crippen LogP contribution in [-0.4, -0.2) is 42.5 Å². The number of carbonyl (C=O) groups is 1. The van der Waals surface area contributed by atoms with Crippen molar-refractivity contribution in [2.45, 2.75) is 51.1 Å². The fraction of sp³-hybridized carbons (Fsp3) is 0.923. The van der Waals surface area contributed by atoms with E-state index in [1.807, 2.05) is 0 Å². The van der Waals surface area contributed by atoms with Gasteiger partial charge in [0.05, 0.1) is 6.54 Å². The molecule has 1 atom stereocenters. The molecule has 2 fully saturated rings. The van der Waals surface area contributed by atoms with Gasteiger partial charge in [-0.2, -0.15) is 0 Å². The molecule has 0 aromatic carbocycles. The van der Waals surface area contributed by atoms with Crippen molar-refractivity contribution >= 4 is 5.91 Å². The van der Waals surface area contributed by atoms with Crippen molar-refractivity contribution in [2.75, 3.05) is 19.6 Å². The van der Waals surface area contributed by atoms with Gasteiger partial charge in [-0.1, -0.05) is 6.92 Å². The summed E-state index contributed by atoms with van der Waals surface area (Å²) < 4.78 is 0. The highest BCUT2D eigenvalue weighted by molar-refractivity contribution is 5.78. The van der Waals surface area contributed by atoms with E-state index in [0.717, 1.165) is 38.3 Å². The zero-order valence-electron chi connectivity index (χ0n) is 10.8. The van der Waals surface area contributed by atoms with E-state index in [9.17, 15) is 4.79 Å². The van der Waals surface area contributed by atoms with Crippen molar-refractivity contribution in [3.05, 3.63) is 0 Å². The molecule has 0 radical (unpaired) electrons. The maximum atomic E-state index is 11.9. The predicted octanol–water partition coefficient (Wildman–Crippen LogP) is 0.714. The molecule has 1 saturated heterocycles. The summed E-state index contributed by atoms with van der Waals surface area (Å²) in [6, 6.07) is 0.674. The van der Waals surface area contributed by atoms with Crippen LogP contribution in [0.3, 0.4) is 0 Å². The number of rotatable bonds is 3. The Kier molecular flexibility index (Phi) is 4.40. The summed E-state index contributed by atoms with van der Waals surface area (Å²) in [5, 5.41) is 3.16. The van der Waals surface area contributed by atoms with Crippen LogP contribution >= 0.6 is 0 Å². The van der Waals surface area contributed by atoms with E-state index < -0.39 is 0 Å². The third kappa shape index (κ3) is 3.96. The lowest BCUT2D eigenvalue weighted by Gasteiger charge is -2.27. The molecule has 1 heterocycles. The van der Waals surface area contributed by atoms with E-state index in [-0.39, 0.29) is 11.9 Å². The van der Waals surface area contributed by atoms with Crippen LogP contribution < -0.4 is 11.1 Å². The molecular formula is C13H25N3O. The topological polar surface area (TPSA) is 58.4 Å². The normalized spacial score (nSPS) is 34.8. The lowest BCUT2D eigenvalue weighted by molar-refractivity contribution is -0.123. The van der Waals surface area contributed by atoms with Gasteiger partial charge in [0.15, 0.2) is 0 Å². The standard InChI is InChI=1S/C13H25N3O/c1-10-2-4-12(5-3-10)15-13(17)9-16-7-6-11(14)8-16/h10-12H,2-9,14H2,1H3,(H,15,17). The highest BCUT2D eigenvalue weighted by Crippen LogP contribution is 2.23. The van der Waals surface area contributed by atoms with Crippen LogP contribution in [0, 0.1) is 5.92 Å². The van der Waals surface area contributed by atoms with Crippen molar-refractivity contribution in [3.8, 4) is 0 Å². The van der Waals surface area contributed by atoms with E-state index in [4.69, 9.17) is 5.73 Å². The van der Waals surface area contributed by atoms with Crippen LogP contribution in [0.5, 0.6) is 0 Å². The molecule has 1 saturated carbocycles. The molecule has 3 N–H and O–H groups in total. The summed E-state index contributed by atoms with van der Waals surface area (Å²) >= 11 is 0. The fourth-order valence-corrected chi connectivity index (χ4v) is 2.89. The van der Waals surface area contributed by atoms with Gasteiger partial charge in [-0.3, -0.25) is 9.69 Å². The Balaban J connectivity index is 1.67. The molecule has 2 aliphatic rings. The minimum atomic E-state index is 0.179. The van der Waals surface area contributed by atoms with Gasteiger partial charge in [-0.25, -0.2) is 0 Å². The molecule has 17 heavy (non-hydrogen) atoms. The van der Waals surface area contributed by atoms with Crippen LogP contribution in [-0.2, 0) is 4.79 Å². The van der Waals surface area contributed by atoms with E-state index in [0.29, 0.717) is 12.6 Å². The van der Waals surface area contributed by atoms with E-state index in [2.05, 4.69) is 17.1 Å². The Morgan fingerprint density at radius 3 is 2.59 bits per heavy atom. The SMILES string of the molecule is CC1CCC(NC(=O)CN2CCC(N)C2)CC1. The molecule has 1 unspecified atom stereocenters. The van der Waals surface area contributed by atoms with Crippen LogP contribution in [0.2, 0.25) is 0 Å². The number of hydrogen-bond donors (Lipinski definition) is 2. The van der Waals surface area contributed by atoms with Crippen LogP contribution in [0.1, 0.15) is 39.0 Å². The van der Waals surface area contributed by atoms with Crippen molar-refractivity contribution in [2.24, 2.45) is 11.7 Å². The third-order valence-corrected chi connectivity index (χ3v) is 4.06. The van der Waals surface area contributed by atoms with Crippen LogP contribution in [0.15, 0.2) is 0 Å². The summed E-state index contributed by atoms with van der Waals surface area (Å²) in [6.07, 6.45) is 5.81. The van der Waals surface area contributed by atoms with E-state index in [1.165, 1.54) is 12.8 Å². The highest BCUT2D eigenvalue weighted by atomic mass is 16.2. The first-order valence-electron chi connectivity index (χ1n) is 6.91. The average molecular weight is 239 g/mol. The van der Waals surface area contributed by atoms with Gasteiger partial charge in [0.2, 0.25) is 5.91 Å². The van der Waals surface area contributed by atoms with Gasteiger partial charge < -0.3 is 11.1 Å². The van der Waals surface area contributed by atoms with Gasteiger partial charge in [0.1, 0.15) is 0 Å². The molecule has 0 aromatic rings. The maximum absolute atomic E-state index is 11.9. The Labute approximate surface area is 104 Å². The number of nitrogens with two attached hydrogens (primary N) is 1. The van der Waals surface area contributed by atoms with E-state index >= 15 is 0 Å². The van der Waals surface area contributed by atoms with Gasteiger partial charge in [0.25, 0.3) is 0 Å². The lowest BCUT2D eigenvalue weighted by atomic mass is 9.87. The highest BCUT2D eigenvalue weighted by Gasteiger charge is 2.23. The molecule has 0 aromatic heterocycles. The van der Waals surface area contributed by atoms with Crippen molar-refractivity contribution < 1.29 is 4.79 Å². The van der Waals surface area contributed by atoms with Gasteiger partial charge in [-0.05, 0) is 38.0 Å². The van der Waals surface area contributed by atoms with Crippen molar-refractivity contribution in [1.82, 2.24) is 10.2 Å². The van der Waals surface area contributed by atoms with Crippen LogP contribution in [0.4, 0.5) is 0 Å². The molecule has 0 bridgehead atoms. The molecule has 4 heteroatoms. The monoisotopic (exact) mass is 239 g/mol. The van der Waals surface area contributed by atoms with Crippen molar-refractivity contribution in [1.29, 1.82) is 0 Å². The molecule has 0 spiro atoms. The zero-order chi connectivity index (χ0) is 12.3. The smallest absolute Gasteiger partial charge is 0.234 e. The summed E-state index contributed by atoms with van der Waals surface area (Å²) in [5.74, 6) is 1.01. The Bertz CT molecular complexity index is 261. The Hall–Kier alpha value is -0.610. The average Bonchev–Trinajstić information content (AvgIpc) is 2.67. The molecule has 98 valence electrons. The van der Waals surface area contributed by atoms with Crippen LogP contribution in [0.25, 0.3) is 0 Å². The summed E-state index contributed by atoms with van der Waals surface area (Å²) in [7, 11) is 0. The maximum Gasteiger partial charge on any atom is 0.234 e. The third-order valence-electron chi connectivity index (χ3n) is 4.06. The van der Waals surface area contributed by atoms with Gasteiger partial charge >= 0.3 is 0 Å². The fourth-order valence-electron chi connectivity index (χ4n) is 2.89. The molecule has 2 rings (SSSR count). The summed E-state index contributed by atoms with van der Waals surface area (Å²) in [5.41, 5.74) is 5.83. The first-order chi connectivity index (χ1) is 8.13. The molecule has 4 nitrogen and oxygen atoms in total. The quantitative estimate of drug-likeness (QED) is 0.763.